The van der Waals surface area contributed by atoms with Crippen LogP contribution >= 0.6 is 11.6 Å². The lowest BCUT2D eigenvalue weighted by Gasteiger charge is -2.05. The molecule has 8 heteroatoms. The second-order valence-electron chi connectivity index (χ2n) is 5.99. The fraction of sp³-hybridized carbons (Fsp3) is 0.100. The van der Waals surface area contributed by atoms with Crippen LogP contribution in [0.5, 0.6) is 0 Å². The van der Waals surface area contributed by atoms with Gasteiger partial charge in [0.15, 0.2) is 6.61 Å². The van der Waals surface area contributed by atoms with Crippen LogP contribution in [0.2, 0.25) is 5.02 Å². The maximum Gasteiger partial charge on any atom is 0.342 e. The van der Waals surface area contributed by atoms with Crippen LogP contribution in [-0.2, 0) is 11.3 Å². The lowest BCUT2D eigenvalue weighted by Crippen LogP contribution is -2.07. The van der Waals surface area contributed by atoms with E-state index in [1.165, 1.54) is 6.20 Å². The predicted molar refractivity (Wildman–Crippen MR) is 102 cm³/mol. The van der Waals surface area contributed by atoms with Gasteiger partial charge in [0.2, 0.25) is 5.82 Å². The first-order valence-corrected chi connectivity index (χ1v) is 8.85. The van der Waals surface area contributed by atoms with E-state index in [9.17, 15) is 4.79 Å². The molecular weight excluding hydrogens is 380 g/mol. The highest BCUT2D eigenvalue weighted by molar-refractivity contribution is 6.30. The summed E-state index contributed by atoms with van der Waals surface area (Å²) in [7, 11) is 0. The number of hydrogen-bond acceptors (Lipinski definition) is 6. The normalized spacial score (nSPS) is 10.8. The quantitative estimate of drug-likeness (QED) is 0.471. The fourth-order valence-electron chi connectivity index (χ4n) is 2.67. The summed E-state index contributed by atoms with van der Waals surface area (Å²) in [4.78, 5) is 16.6. The van der Waals surface area contributed by atoms with Gasteiger partial charge in [0.1, 0.15) is 5.56 Å². The Kier molecular flexibility index (Phi) is 4.90. The van der Waals surface area contributed by atoms with Crippen molar-refractivity contribution >= 4 is 17.6 Å². The minimum atomic E-state index is -0.508. The van der Waals surface area contributed by atoms with E-state index in [1.54, 1.807) is 28.9 Å². The molecule has 0 radical (unpaired) electrons. The number of hydrogen-bond donors (Lipinski definition) is 0. The summed E-state index contributed by atoms with van der Waals surface area (Å²) in [6, 6.07) is 16.6. The molecule has 4 rings (SSSR count). The van der Waals surface area contributed by atoms with Crippen LogP contribution in [0.25, 0.3) is 17.1 Å². The van der Waals surface area contributed by atoms with Gasteiger partial charge in [-0.1, -0.05) is 35.0 Å². The molecule has 0 fully saturated rings. The van der Waals surface area contributed by atoms with Crippen molar-refractivity contribution in [1.29, 1.82) is 0 Å². The Hall–Kier alpha value is -3.45. The highest BCUT2D eigenvalue weighted by Gasteiger charge is 2.18. The second-order valence-corrected chi connectivity index (χ2v) is 6.42. The summed E-state index contributed by atoms with van der Waals surface area (Å²) in [5, 5.41) is 8.78. The van der Waals surface area contributed by atoms with Gasteiger partial charge in [-0.25, -0.2) is 9.48 Å². The summed E-state index contributed by atoms with van der Waals surface area (Å²) in [6.07, 6.45) is 1.48. The monoisotopic (exact) mass is 394 g/mol. The molecule has 2 aromatic heterocycles. The van der Waals surface area contributed by atoms with E-state index >= 15 is 0 Å². The molecular formula is C20H15ClN4O3. The van der Waals surface area contributed by atoms with E-state index in [-0.39, 0.29) is 12.5 Å². The van der Waals surface area contributed by atoms with Gasteiger partial charge >= 0.3 is 5.97 Å². The summed E-state index contributed by atoms with van der Waals surface area (Å²) in [5.41, 5.74) is 2.68. The molecule has 7 nitrogen and oxygen atoms in total. The lowest BCUT2D eigenvalue weighted by molar-refractivity contribution is 0.0429. The van der Waals surface area contributed by atoms with Gasteiger partial charge in [-0.15, -0.1) is 0 Å². The molecule has 0 saturated heterocycles. The molecule has 0 bridgehead atoms. The minimum Gasteiger partial charge on any atom is -0.452 e. The number of halogens is 1. The van der Waals surface area contributed by atoms with Crippen molar-refractivity contribution in [1.82, 2.24) is 19.9 Å². The predicted octanol–water partition coefficient (Wildman–Crippen LogP) is 4.24. The zero-order chi connectivity index (χ0) is 19.5. The Labute approximate surface area is 165 Å². The molecule has 0 N–H and O–H groups in total. The first-order chi connectivity index (χ1) is 13.6. The number of rotatable bonds is 5. The SMILES string of the molecule is Cc1c(C(=O)OCc2nc(-c3ccc(Cl)cc3)no2)cnn1-c1ccccc1. The molecule has 0 unspecified atom stereocenters. The van der Waals surface area contributed by atoms with Crippen LogP contribution in [-0.4, -0.2) is 25.9 Å². The Morgan fingerprint density at radius 3 is 2.64 bits per heavy atom. The van der Waals surface area contributed by atoms with Crippen molar-refractivity contribution in [3.8, 4) is 17.1 Å². The number of carbonyl (C=O) groups excluding carboxylic acids is 1. The molecule has 2 heterocycles. The number of carbonyl (C=O) groups is 1. The van der Waals surface area contributed by atoms with E-state index in [0.717, 1.165) is 11.3 Å². The molecule has 0 atom stereocenters. The van der Waals surface area contributed by atoms with Crippen molar-refractivity contribution in [3.63, 3.8) is 0 Å². The van der Waals surface area contributed by atoms with Crippen molar-refractivity contribution in [2.75, 3.05) is 0 Å². The van der Waals surface area contributed by atoms with Gasteiger partial charge in [0.25, 0.3) is 5.89 Å². The maximum atomic E-state index is 12.4. The molecule has 4 aromatic rings. The third-order valence-electron chi connectivity index (χ3n) is 4.13. The maximum absolute atomic E-state index is 12.4. The van der Waals surface area contributed by atoms with Crippen molar-refractivity contribution in [2.24, 2.45) is 0 Å². The zero-order valence-corrected chi connectivity index (χ0v) is 15.6. The van der Waals surface area contributed by atoms with Crippen LogP contribution in [0.3, 0.4) is 0 Å². The van der Waals surface area contributed by atoms with Gasteiger partial charge in [-0.3, -0.25) is 0 Å². The van der Waals surface area contributed by atoms with Gasteiger partial charge < -0.3 is 9.26 Å². The van der Waals surface area contributed by atoms with Gasteiger partial charge in [-0.05, 0) is 43.3 Å². The van der Waals surface area contributed by atoms with Gasteiger partial charge in [0, 0.05) is 10.6 Å². The van der Waals surface area contributed by atoms with E-state index in [4.69, 9.17) is 20.9 Å². The Morgan fingerprint density at radius 2 is 1.89 bits per heavy atom. The minimum absolute atomic E-state index is 0.130. The number of para-hydroxylation sites is 1. The van der Waals surface area contributed by atoms with Crippen LogP contribution in [0.1, 0.15) is 21.9 Å². The molecule has 0 aliphatic carbocycles. The van der Waals surface area contributed by atoms with E-state index in [1.807, 2.05) is 37.3 Å². The van der Waals surface area contributed by atoms with E-state index in [0.29, 0.717) is 22.1 Å². The number of aromatic nitrogens is 4. The van der Waals surface area contributed by atoms with E-state index in [2.05, 4.69) is 15.2 Å². The molecule has 2 aromatic carbocycles. The van der Waals surface area contributed by atoms with Crippen molar-refractivity contribution < 1.29 is 14.1 Å². The smallest absolute Gasteiger partial charge is 0.342 e. The standard InChI is InChI=1S/C20H15ClN4O3/c1-13-17(11-22-25(13)16-5-3-2-4-6-16)20(26)27-12-18-23-19(24-28-18)14-7-9-15(21)10-8-14/h2-11H,12H2,1H3. The van der Waals surface area contributed by atoms with Gasteiger partial charge in [0.05, 0.1) is 17.6 Å². The van der Waals surface area contributed by atoms with Crippen molar-refractivity contribution in [3.05, 3.63) is 83.0 Å². The summed E-state index contributed by atoms with van der Waals surface area (Å²) >= 11 is 5.87. The lowest BCUT2D eigenvalue weighted by atomic mass is 10.2. The second kappa shape index (κ2) is 7.66. The summed E-state index contributed by atoms with van der Waals surface area (Å²) < 4.78 is 12.1. The largest absolute Gasteiger partial charge is 0.452 e. The number of esters is 1. The topological polar surface area (TPSA) is 83.0 Å². The number of ether oxygens (including phenoxy) is 1. The molecule has 0 amide bonds. The third kappa shape index (κ3) is 3.65. The average molecular weight is 395 g/mol. The zero-order valence-electron chi connectivity index (χ0n) is 14.9. The highest BCUT2D eigenvalue weighted by atomic mass is 35.5. The van der Waals surface area contributed by atoms with Crippen molar-refractivity contribution in [2.45, 2.75) is 13.5 Å². The van der Waals surface area contributed by atoms with Gasteiger partial charge in [-0.2, -0.15) is 10.1 Å². The molecule has 140 valence electrons. The highest BCUT2D eigenvalue weighted by Crippen LogP contribution is 2.19. The molecule has 0 aliphatic rings. The summed E-state index contributed by atoms with van der Waals surface area (Å²) in [6.45, 7) is 1.68. The Morgan fingerprint density at radius 1 is 1.14 bits per heavy atom. The Balaban J connectivity index is 1.44. The third-order valence-corrected chi connectivity index (χ3v) is 4.38. The fourth-order valence-corrected chi connectivity index (χ4v) is 2.80. The molecule has 0 spiro atoms. The molecule has 28 heavy (non-hydrogen) atoms. The molecule has 0 aliphatic heterocycles. The average Bonchev–Trinajstić information content (AvgIpc) is 3.34. The van der Waals surface area contributed by atoms with Crippen LogP contribution < -0.4 is 0 Å². The first kappa shape index (κ1) is 17.9. The van der Waals surface area contributed by atoms with E-state index < -0.39 is 5.97 Å². The molecule has 0 saturated carbocycles. The van der Waals surface area contributed by atoms with Crippen LogP contribution in [0.4, 0.5) is 0 Å². The Bertz CT molecular complexity index is 1100. The van der Waals surface area contributed by atoms with Crippen LogP contribution in [0.15, 0.2) is 65.3 Å². The first-order valence-electron chi connectivity index (χ1n) is 8.47. The van der Waals surface area contributed by atoms with Crippen LogP contribution in [0, 0.1) is 6.92 Å². The summed E-state index contributed by atoms with van der Waals surface area (Å²) in [5.74, 6) is 0.0909. The number of benzene rings is 2. The number of nitrogens with zero attached hydrogens (tertiary/aromatic N) is 4.